The Balaban J connectivity index is 1.73. The highest BCUT2D eigenvalue weighted by Gasteiger charge is 2.19. The second-order valence-corrected chi connectivity index (χ2v) is 6.26. The standard InChI is InChI=1S/C20H17N6O/c1-12-8-9-14-15(10-12)25-19(24-14)17-18(21)22-11-16(23-17)20(27)26(2)13-6-4-3-5-7-13/h3-11,21H,1-2H3,(H,24,25). The number of aromatic nitrogens is 4. The zero-order chi connectivity index (χ0) is 19.0. The molecule has 0 atom stereocenters. The zero-order valence-electron chi connectivity index (χ0n) is 14.9. The number of H-pyrrole nitrogens is 1. The minimum absolute atomic E-state index is 0.0373. The highest BCUT2D eigenvalue weighted by molar-refractivity contribution is 6.04. The predicted octanol–water partition coefficient (Wildman–Crippen LogP) is 3.52. The number of carbonyl (C=O) groups excluding carboxylic acids is 1. The van der Waals surface area contributed by atoms with E-state index in [4.69, 9.17) is 5.73 Å². The van der Waals surface area contributed by atoms with Crippen LogP contribution in [0.25, 0.3) is 22.6 Å². The van der Waals surface area contributed by atoms with E-state index in [-0.39, 0.29) is 23.1 Å². The molecule has 2 heterocycles. The van der Waals surface area contributed by atoms with Gasteiger partial charge in [-0.2, -0.15) is 0 Å². The van der Waals surface area contributed by atoms with Crippen LogP contribution in [0.15, 0.2) is 54.7 Å². The van der Waals surface area contributed by atoms with Crippen LogP contribution in [0.2, 0.25) is 0 Å². The molecule has 0 bridgehead atoms. The maximum absolute atomic E-state index is 12.8. The molecule has 0 saturated carbocycles. The van der Waals surface area contributed by atoms with Crippen molar-refractivity contribution in [2.75, 3.05) is 11.9 Å². The number of carbonyl (C=O) groups is 1. The number of imidazole rings is 1. The summed E-state index contributed by atoms with van der Waals surface area (Å²) >= 11 is 0. The minimum Gasteiger partial charge on any atom is -0.337 e. The Morgan fingerprint density at radius 1 is 1.11 bits per heavy atom. The van der Waals surface area contributed by atoms with Gasteiger partial charge in [-0.25, -0.2) is 15.0 Å². The van der Waals surface area contributed by atoms with Gasteiger partial charge >= 0.3 is 0 Å². The quantitative estimate of drug-likeness (QED) is 0.606. The number of anilines is 1. The molecule has 0 aliphatic rings. The van der Waals surface area contributed by atoms with Crippen molar-refractivity contribution in [3.05, 3.63) is 66.0 Å². The lowest BCUT2D eigenvalue weighted by Gasteiger charge is -2.16. The van der Waals surface area contributed by atoms with Crippen molar-refractivity contribution < 1.29 is 4.79 Å². The third kappa shape index (κ3) is 3.10. The normalized spacial score (nSPS) is 10.9. The second kappa shape index (κ2) is 6.53. The summed E-state index contributed by atoms with van der Waals surface area (Å²) in [6.45, 7) is 1.99. The van der Waals surface area contributed by atoms with Crippen molar-refractivity contribution in [2.24, 2.45) is 0 Å². The van der Waals surface area contributed by atoms with Gasteiger partial charge in [-0.15, -0.1) is 0 Å². The Kier molecular flexibility index (Phi) is 4.04. The summed E-state index contributed by atoms with van der Waals surface area (Å²) in [5, 5.41) is 0. The maximum atomic E-state index is 12.8. The molecule has 1 amide bonds. The monoisotopic (exact) mass is 357 g/mol. The highest BCUT2D eigenvalue weighted by atomic mass is 16.2. The first kappa shape index (κ1) is 16.7. The van der Waals surface area contributed by atoms with E-state index in [2.05, 4.69) is 19.9 Å². The van der Waals surface area contributed by atoms with E-state index in [0.717, 1.165) is 22.3 Å². The van der Waals surface area contributed by atoms with E-state index in [9.17, 15) is 4.79 Å². The molecule has 4 rings (SSSR count). The summed E-state index contributed by atoms with van der Waals surface area (Å²) in [6.07, 6.45) is 1.32. The number of fused-ring (bicyclic) bond motifs is 1. The van der Waals surface area contributed by atoms with Gasteiger partial charge in [0.15, 0.2) is 17.3 Å². The van der Waals surface area contributed by atoms with Crippen LogP contribution in [0.1, 0.15) is 16.1 Å². The number of nitrogens with one attached hydrogen (secondary N) is 2. The molecule has 133 valence electrons. The lowest BCUT2D eigenvalue weighted by Crippen LogP contribution is -2.27. The summed E-state index contributed by atoms with van der Waals surface area (Å²) in [5.41, 5.74) is 12.0. The zero-order valence-corrected chi connectivity index (χ0v) is 14.9. The Hall–Kier alpha value is -3.74. The molecule has 2 N–H and O–H groups in total. The maximum Gasteiger partial charge on any atom is 0.278 e. The van der Waals surface area contributed by atoms with Gasteiger partial charge in [0.2, 0.25) is 0 Å². The first-order valence-corrected chi connectivity index (χ1v) is 8.41. The fourth-order valence-electron chi connectivity index (χ4n) is 2.83. The molecule has 0 unspecified atom stereocenters. The van der Waals surface area contributed by atoms with Crippen LogP contribution < -0.4 is 10.6 Å². The topological polar surface area (TPSA) is 98.6 Å². The second-order valence-electron chi connectivity index (χ2n) is 6.26. The largest absolute Gasteiger partial charge is 0.337 e. The number of hydrogen-bond donors (Lipinski definition) is 1. The average molecular weight is 357 g/mol. The smallest absolute Gasteiger partial charge is 0.278 e. The molecule has 7 heteroatoms. The van der Waals surface area contributed by atoms with Crippen molar-refractivity contribution in [1.82, 2.24) is 25.7 Å². The van der Waals surface area contributed by atoms with Crippen molar-refractivity contribution >= 4 is 28.4 Å². The number of para-hydroxylation sites is 1. The Bertz CT molecular complexity index is 1140. The van der Waals surface area contributed by atoms with Gasteiger partial charge in [0, 0.05) is 12.7 Å². The lowest BCUT2D eigenvalue weighted by atomic mass is 10.2. The molecule has 2 aromatic carbocycles. The Morgan fingerprint density at radius 2 is 1.89 bits per heavy atom. The molecule has 27 heavy (non-hydrogen) atoms. The van der Waals surface area contributed by atoms with Crippen molar-refractivity contribution in [1.29, 1.82) is 0 Å². The Labute approximate surface area is 155 Å². The van der Waals surface area contributed by atoms with Crippen molar-refractivity contribution in [2.45, 2.75) is 6.92 Å². The van der Waals surface area contributed by atoms with Crippen molar-refractivity contribution in [3.8, 4) is 11.5 Å². The van der Waals surface area contributed by atoms with Crippen LogP contribution in [0.4, 0.5) is 11.5 Å². The third-order valence-electron chi connectivity index (χ3n) is 4.30. The summed E-state index contributed by atoms with van der Waals surface area (Å²) in [4.78, 5) is 30.3. The number of benzene rings is 2. The summed E-state index contributed by atoms with van der Waals surface area (Å²) in [6, 6.07) is 15.1. The van der Waals surface area contributed by atoms with Crippen molar-refractivity contribution in [3.63, 3.8) is 0 Å². The van der Waals surface area contributed by atoms with Crippen LogP contribution in [-0.2, 0) is 0 Å². The van der Waals surface area contributed by atoms with E-state index in [1.807, 2.05) is 55.5 Å². The van der Waals surface area contributed by atoms with Gasteiger partial charge in [-0.05, 0) is 36.8 Å². The fourth-order valence-corrected chi connectivity index (χ4v) is 2.83. The SMILES string of the molecule is Cc1ccc2nc(-c3nc(C(=O)N(C)c4ccccc4)cnc3[NH])[nH]c2c1. The molecule has 0 spiro atoms. The molecular formula is C20H17N6O. The first-order chi connectivity index (χ1) is 13.0. The number of nitrogens with zero attached hydrogens (tertiary/aromatic N) is 4. The molecular weight excluding hydrogens is 340 g/mol. The van der Waals surface area contributed by atoms with Gasteiger partial charge in [0.05, 0.1) is 17.2 Å². The van der Waals surface area contributed by atoms with Crippen LogP contribution in [0.5, 0.6) is 0 Å². The van der Waals surface area contributed by atoms with E-state index in [1.165, 1.54) is 11.1 Å². The molecule has 4 aromatic rings. The fraction of sp³-hybridized carbons (Fsp3) is 0.100. The number of amides is 1. The van der Waals surface area contributed by atoms with Gasteiger partial charge in [0.25, 0.3) is 5.91 Å². The van der Waals surface area contributed by atoms with Gasteiger partial charge in [-0.3, -0.25) is 10.5 Å². The summed E-state index contributed by atoms with van der Waals surface area (Å²) < 4.78 is 0. The number of aromatic amines is 1. The molecule has 0 fully saturated rings. The van der Waals surface area contributed by atoms with Crippen LogP contribution in [0, 0.1) is 6.92 Å². The summed E-state index contributed by atoms with van der Waals surface area (Å²) in [5.74, 6) is 0.0803. The molecule has 0 saturated heterocycles. The van der Waals surface area contributed by atoms with Crippen LogP contribution in [0.3, 0.4) is 0 Å². The molecule has 2 aromatic heterocycles. The Morgan fingerprint density at radius 3 is 2.67 bits per heavy atom. The van der Waals surface area contributed by atoms with Crippen LogP contribution >= 0.6 is 0 Å². The number of hydrogen-bond acceptors (Lipinski definition) is 4. The van der Waals surface area contributed by atoms with E-state index in [1.54, 1.807) is 7.05 Å². The van der Waals surface area contributed by atoms with Gasteiger partial charge in [0.1, 0.15) is 5.69 Å². The molecule has 0 aliphatic carbocycles. The number of rotatable bonds is 3. The third-order valence-corrected chi connectivity index (χ3v) is 4.30. The minimum atomic E-state index is -0.304. The molecule has 7 nitrogen and oxygen atoms in total. The highest BCUT2D eigenvalue weighted by Crippen LogP contribution is 2.24. The lowest BCUT2D eigenvalue weighted by molar-refractivity contribution is 0.0988. The van der Waals surface area contributed by atoms with E-state index in [0.29, 0.717) is 5.82 Å². The van der Waals surface area contributed by atoms with Crippen LogP contribution in [-0.4, -0.2) is 32.9 Å². The molecule has 0 aliphatic heterocycles. The van der Waals surface area contributed by atoms with Gasteiger partial charge < -0.3 is 9.88 Å². The van der Waals surface area contributed by atoms with Gasteiger partial charge in [-0.1, -0.05) is 24.3 Å². The first-order valence-electron chi connectivity index (χ1n) is 8.41. The average Bonchev–Trinajstić information content (AvgIpc) is 3.10. The number of aryl methyl sites for hydroxylation is 1. The van der Waals surface area contributed by atoms with E-state index < -0.39 is 0 Å². The molecule has 1 radical (unpaired) electrons. The van der Waals surface area contributed by atoms with E-state index >= 15 is 0 Å². The predicted molar refractivity (Wildman–Crippen MR) is 104 cm³/mol. The summed E-state index contributed by atoms with van der Waals surface area (Å²) in [7, 11) is 1.68.